The minimum atomic E-state index is -0.492. The van der Waals surface area contributed by atoms with Gasteiger partial charge in [-0.2, -0.15) is 0 Å². The molecule has 0 saturated heterocycles. The highest BCUT2D eigenvalue weighted by atomic mass is 16.3. The lowest BCUT2D eigenvalue weighted by molar-refractivity contribution is -0.114. The summed E-state index contributed by atoms with van der Waals surface area (Å²) in [6.45, 7) is 23.7. The van der Waals surface area contributed by atoms with Crippen LogP contribution in [0.15, 0.2) is 41.0 Å². The second kappa shape index (κ2) is 7.80. The molecule has 0 amide bonds. The maximum absolute atomic E-state index is 13.4. The Labute approximate surface area is 193 Å². The van der Waals surface area contributed by atoms with E-state index in [1.165, 1.54) is 0 Å². The lowest BCUT2D eigenvalue weighted by atomic mass is 9.71. The minimum Gasteiger partial charge on any atom is -0.289 e. The zero-order valence-corrected chi connectivity index (χ0v) is 21.5. The molecule has 0 heterocycles. The second-order valence-electron chi connectivity index (χ2n) is 12.8. The van der Waals surface area contributed by atoms with E-state index < -0.39 is 10.8 Å². The Bertz CT molecular complexity index is 1070. The van der Waals surface area contributed by atoms with Crippen LogP contribution < -0.4 is 0 Å². The molecule has 1 aliphatic carbocycles. The fourth-order valence-corrected chi connectivity index (χ4v) is 3.68. The average Bonchev–Trinajstić information content (AvgIpc) is 2.54. The van der Waals surface area contributed by atoms with Gasteiger partial charge >= 0.3 is 0 Å². The van der Waals surface area contributed by atoms with Crippen LogP contribution in [0.2, 0.25) is 0 Å². The molecular formula is C29H41O2. The molecule has 1 aliphatic rings. The van der Waals surface area contributed by atoms with Gasteiger partial charge in [-0.1, -0.05) is 83.1 Å². The van der Waals surface area contributed by atoms with Crippen LogP contribution in [0.1, 0.15) is 103 Å². The van der Waals surface area contributed by atoms with Crippen LogP contribution in [0.4, 0.5) is 0 Å². The van der Waals surface area contributed by atoms with Crippen molar-refractivity contribution in [2.45, 2.75) is 93.9 Å². The average molecular weight is 424 g/mol. The van der Waals surface area contributed by atoms with Crippen LogP contribution in [0.25, 0.3) is 6.08 Å². The van der Waals surface area contributed by atoms with Gasteiger partial charge < -0.3 is 0 Å². The van der Waals surface area contributed by atoms with Crippen molar-refractivity contribution in [1.82, 2.24) is 0 Å². The molecule has 0 aromatic heterocycles. The van der Waals surface area contributed by atoms with E-state index in [1.807, 2.05) is 89.2 Å². The van der Waals surface area contributed by atoms with Crippen molar-refractivity contribution >= 4 is 11.9 Å². The first-order valence-electron chi connectivity index (χ1n) is 12.1. The van der Waals surface area contributed by atoms with Gasteiger partial charge in [-0.15, -0.1) is 0 Å². The van der Waals surface area contributed by atoms with Crippen molar-refractivity contribution in [1.29, 1.82) is 0 Å². The molecule has 2 heteroatoms. The van der Waals surface area contributed by atoms with Gasteiger partial charge in [0.25, 0.3) is 0 Å². The van der Waals surface area contributed by atoms with E-state index in [0.29, 0.717) is 33.4 Å². The van der Waals surface area contributed by atoms with Crippen LogP contribution in [-0.2, 0) is 20.7 Å². The molecule has 2 rings (SSSR count). The molecule has 1 radical (unpaired) electrons. The van der Waals surface area contributed by atoms with Crippen LogP contribution in [-0.4, -0.2) is 5.78 Å². The van der Waals surface area contributed by atoms with Crippen molar-refractivity contribution in [2.75, 3.05) is 0 Å². The quantitative estimate of drug-likeness (QED) is 0.447. The first-order chi connectivity index (χ1) is 14.6. The second-order valence-corrected chi connectivity index (χ2v) is 12.8. The Morgan fingerprint density at radius 1 is 0.742 bits per heavy atom. The number of hydrogen-bond acceptors (Lipinski definition) is 1. The Morgan fingerprint density at radius 2 is 1.23 bits per heavy atom. The Kier molecular flexibility index (Phi) is 5.56. The van der Waals surface area contributed by atoms with Crippen LogP contribution in [0, 0.1) is 10.8 Å². The van der Waals surface area contributed by atoms with Gasteiger partial charge in [-0.25, -0.2) is 0 Å². The van der Waals surface area contributed by atoms with E-state index in [4.69, 9.17) is 2.74 Å². The van der Waals surface area contributed by atoms with E-state index in [1.54, 1.807) is 12.1 Å². The van der Waals surface area contributed by atoms with E-state index in [9.17, 15) is 9.90 Å². The molecule has 0 unspecified atom stereocenters. The molecule has 0 N–H and O–H groups in total. The number of benzene rings is 1. The molecule has 0 saturated carbocycles. The summed E-state index contributed by atoms with van der Waals surface area (Å²) in [7, 11) is 0. The summed E-state index contributed by atoms with van der Waals surface area (Å²) in [5.74, 6) is -0.159. The van der Waals surface area contributed by atoms with E-state index >= 15 is 0 Å². The van der Waals surface area contributed by atoms with Gasteiger partial charge in [0.05, 0.1) is 2.74 Å². The predicted molar refractivity (Wildman–Crippen MR) is 132 cm³/mol. The van der Waals surface area contributed by atoms with Crippen molar-refractivity contribution in [3.8, 4) is 5.75 Å². The van der Waals surface area contributed by atoms with Gasteiger partial charge in [-0.3, -0.25) is 9.90 Å². The van der Waals surface area contributed by atoms with E-state index in [0.717, 1.165) is 0 Å². The lowest BCUT2D eigenvalue weighted by Crippen LogP contribution is -2.27. The number of Topliss-reactive ketones (excluding diaryl/α,β-unsaturated/α-hetero) is 1. The summed E-state index contributed by atoms with van der Waals surface area (Å²) >= 11 is 0. The first-order valence-corrected chi connectivity index (χ1v) is 11.1. The van der Waals surface area contributed by atoms with Crippen molar-refractivity contribution in [3.63, 3.8) is 0 Å². The van der Waals surface area contributed by atoms with Crippen molar-refractivity contribution in [2.24, 2.45) is 10.8 Å². The molecule has 0 aliphatic heterocycles. The van der Waals surface area contributed by atoms with Gasteiger partial charge in [-0.05, 0) is 63.1 Å². The molecule has 31 heavy (non-hydrogen) atoms. The van der Waals surface area contributed by atoms with Crippen molar-refractivity contribution < 1.29 is 12.6 Å². The fraction of sp³-hybridized carbons (Fsp3) is 0.552. The smallest absolute Gasteiger partial charge is 0.186 e. The summed E-state index contributed by atoms with van der Waals surface area (Å²) < 4.78 is 17.8. The summed E-state index contributed by atoms with van der Waals surface area (Å²) in [6.07, 6.45) is 3.62. The van der Waals surface area contributed by atoms with E-state index in [2.05, 4.69) is 0 Å². The van der Waals surface area contributed by atoms with Gasteiger partial charge in [0, 0.05) is 22.3 Å². The number of allylic oxidation sites excluding steroid dienone is 5. The number of hydrogen-bond donors (Lipinski definition) is 0. The first kappa shape index (κ1) is 22.1. The maximum Gasteiger partial charge on any atom is 0.186 e. The fourth-order valence-electron chi connectivity index (χ4n) is 3.68. The number of carbonyl (C=O) groups is 1. The highest BCUT2D eigenvalue weighted by Gasteiger charge is 2.34. The SMILES string of the molecule is [2H]C1=C(C(C)(C)C)C(=O)C(C(C)(C)C)=C/C1=C/c1cc(C(C)(C)C)c([O])c(C(C)(C)C)c1[2H]. The van der Waals surface area contributed by atoms with Gasteiger partial charge in [0.1, 0.15) is 0 Å². The summed E-state index contributed by atoms with van der Waals surface area (Å²) in [6, 6.07) is 2.19. The number of ketones is 1. The van der Waals surface area contributed by atoms with Crippen molar-refractivity contribution in [3.05, 3.63) is 57.6 Å². The molecule has 0 spiro atoms. The Morgan fingerprint density at radius 3 is 1.65 bits per heavy atom. The van der Waals surface area contributed by atoms with Crippen LogP contribution in [0.5, 0.6) is 5.75 Å². The van der Waals surface area contributed by atoms with Crippen LogP contribution in [0.3, 0.4) is 0 Å². The zero-order chi connectivity index (χ0) is 25.9. The number of rotatable bonds is 1. The largest absolute Gasteiger partial charge is 0.289 e. The highest BCUT2D eigenvalue weighted by Crippen LogP contribution is 2.42. The predicted octanol–water partition coefficient (Wildman–Crippen LogP) is 8.34. The van der Waals surface area contributed by atoms with E-state index in [-0.39, 0.29) is 34.5 Å². The van der Waals surface area contributed by atoms with Crippen LogP contribution >= 0.6 is 0 Å². The summed E-state index contributed by atoms with van der Waals surface area (Å²) in [5, 5.41) is 13.4. The Balaban J connectivity index is 2.98. The van der Waals surface area contributed by atoms with Gasteiger partial charge in [0.2, 0.25) is 0 Å². The summed E-state index contributed by atoms with van der Waals surface area (Å²) in [4.78, 5) is 13.4. The molecule has 169 valence electrons. The third-order valence-electron chi connectivity index (χ3n) is 5.51. The normalized spacial score (nSPS) is 18.9. The lowest BCUT2D eigenvalue weighted by Gasteiger charge is -2.31. The third-order valence-corrected chi connectivity index (χ3v) is 5.51. The standard InChI is InChI=1S/C29H41O2/c1-26(2,3)20-14-18(15-21(24(20)30)27(4,5)6)13-19-16-22(28(7,8)9)25(31)23(17-19)29(10,11)12/h13-17H,1-12H3/i14D,16D/b18-13+. The maximum atomic E-state index is 13.4. The Hall–Kier alpha value is -2.09. The molecular weight excluding hydrogens is 380 g/mol. The minimum absolute atomic E-state index is 0.0797. The zero-order valence-electron chi connectivity index (χ0n) is 23.5. The molecule has 1 aromatic carbocycles. The molecule has 2 nitrogen and oxygen atoms in total. The highest BCUT2D eigenvalue weighted by molar-refractivity contribution is 6.12. The molecule has 1 aromatic rings. The summed E-state index contributed by atoms with van der Waals surface area (Å²) in [5.41, 5.74) is 1.75. The number of carbonyl (C=O) groups excluding carboxylic acids is 1. The molecule has 0 bridgehead atoms. The third kappa shape index (κ3) is 5.59. The van der Waals surface area contributed by atoms with Gasteiger partial charge in [0.15, 0.2) is 11.5 Å². The molecule has 0 atom stereocenters. The molecule has 0 fully saturated rings. The monoisotopic (exact) mass is 423 g/mol. The topological polar surface area (TPSA) is 37.0 Å².